The zero-order valence-electron chi connectivity index (χ0n) is 16.5. The fraction of sp³-hybridized carbons (Fsp3) is 0.667. The van der Waals surface area contributed by atoms with Crippen LogP contribution in [-0.4, -0.2) is 55.4 Å². The largest absolute Gasteiger partial charge is 0.481 e. The smallest absolute Gasteiger partial charge is 0.303 e. The Balaban J connectivity index is -0.0000000364. The predicted molar refractivity (Wildman–Crippen MR) is 111 cm³/mol. The number of hydrogen-bond donors (Lipinski definition) is 5. The zero-order chi connectivity index (χ0) is 21.4. The molecule has 0 fully saturated rings. The molecular weight excluding hydrogens is 403 g/mol. The Morgan fingerprint density at radius 1 is 0.444 bits per heavy atom. The number of carboxylic acids is 5. The van der Waals surface area contributed by atoms with Gasteiger partial charge in [0.05, 0.1) is 0 Å². The summed E-state index contributed by atoms with van der Waals surface area (Å²) < 4.78 is 0. The maximum Gasteiger partial charge on any atom is 0.303 e. The standard InChI is InChI=1S/5C3H6O2.H3P.H2S/c5*1-2-3(4)5;;/h5*2H2,1H3,(H,4,5);1H3;1H2. The van der Waals surface area contributed by atoms with Gasteiger partial charge >= 0.3 is 29.8 Å². The van der Waals surface area contributed by atoms with Crippen molar-refractivity contribution in [1.29, 1.82) is 0 Å². The Kier molecular flexibility index (Phi) is 64.8. The number of carbonyl (C=O) groups is 5. The lowest BCUT2D eigenvalue weighted by atomic mass is 10.5. The molecular formula is C15H35O10PS. The van der Waals surface area contributed by atoms with E-state index in [1.54, 1.807) is 34.6 Å². The Labute approximate surface area is 170 Å². The average Bonchev–Trinajstić information content (AvgIpc) is 2.56. The number of carboxylic acid groups (broad SMARTS) is 5. The van der Waals surface area contributed by atoms with E-state index >= 15 is 0 Å². The van der Waals surface area contributed by atoms with Crippen molar-refractivity contribution >= 4 is 53.2 Å². The van der Waals surface area contributed by atoms with E-state index in [1.165, 1.54) is 0 Å². The Bertz CT molecular complexity index is 294. The highest BCUT2D eigenvalue weighted by Gasteiger charge is 1.82. The van der Waals surface area contributed by atoms with Crippen LogP contribution in [0.5, 0.6) is 0 Å². The second-order valence-electron chi connectivity index (χ2n) is 3.74. The molecule has 0 radical (unpaired) electrons. The Hall–Kier alpha value is -1.87. The van der Waals surface area contributed by atoms with E-state index in [-0.39, 0.29) is 55.5 Å². The van der Waals surface area contributed by atoms with Crippen LogP contribution in [-0.2, 0) is 24.0 Å². The predicted octanol–water partition coefficient (Wildman–Crippen LogP) is 2.58. The van der Waals surface area contributed by atoms with Gasteiger partial charge in [-0.15, -0.1) is 0 Å². The van der Waals surface area contributed by atoms with Gasteiger partial charge in [-0.25, -0.2) is 0 Å². The molecule has 1 unspecified atom stereocenters. The summed E-state index contributed by atoms with van der Waals surface area (Å²) >= 11 is 0. The molecule has 1 atom stereocenters. The molecule has 0 amide bonds. The maximum absolute atomic E-state index is 9.37. The lowest BCUT2D eigenvalue weighted by molar-refractivity contribution is -0.137. The fourth-order valence-corrected chi connectivity index (χ4v) is 0. The van der Waals surface area contributed by atoms with Crippen LogP contribution < -0.4 is 0 Å². The first kappa shape index (κ1) is 44.5. The highest BCUT2D eigenvalue weighted by Crippen LogP contribution is 1.68. The van der Waals surface area contributed by atoms with Gasteiger partial charge in [0.25, 0.3) is 0 Å². The normalized spacial score (nSPS) is 6.85. The SMILES string of the molecule is CCC(=O)O.CCC(=O)O.CCC(=O)O.CCC(=O)O.CCC(=O)O.P.S. The van der Waals surface area contributed by atoms with Crippen molar-refractivity contribution in [2.75, 3.05) is 0 Å². The third-order valence-corrected chi connectivity index (χ3v) is 1.51. The van der Waals surface area contributed by atoms with Crippen LogP contribution in [0, 0.1) is 0 Å². The molecule has 166 valence electrons. The third-order valence-electron chi connectivity index (χ3n) is 1.51. The van der Waals surface area contributed by atoms with E-state index in [0.29, 0.717) is 0 Å². The Morgan fingerprint density at radius 2 is 0.481 bits per heavy atom. The van der Waals surface area contributed by atoms with Crippen LogP contribution >= 0.6 is 23.4 Å². The van der Waals surface area contributed by atoms with Crippen molar-refractivity contribution in [3.63, 3.8) is 0 Å². The van der Waals surface area contributed by atoms with Crippen molar-refractivity contribution in [1.82, 2.24) is 0 Å². The molecule has 0 heterocycles. The van der Waals surface area contributed by atoms with Gasteiger partial charge in [-0.1, -0.05) is 34.6 Å². The molecule has 0 rings (SSSR count). The molecule has 0 aliphatic rings. The van der Waals surface area contributed by atoms with Gasteiger partial charge in [-0.05, 0) is 0 Å². The topological polar surface area (TPSA) is 186 Å². The monoisotopic (exact) mass is 438 g/mol. The van der Waals surface area contributed by atoms with Gasteiger partial charge in [-0.2, -0.15) is 23.4 Å². The zero-order valence-corrected chi connectivity index (χ0v) is 18.9. The molecule has 0 saturated heterocycles. The van der Waals surface area contributed by atoms with Gasteiger partial charge in [0.1, 0.15) is 0 Å². The van der Waals surface area contributed by atoms with Crippen molar-refractivity contribution < 1.29 is 49.5 Å². The number of rotatable bonds is 5. The third kappa shape index (κ3) is 179. The van der Waals surface area contributed by atoms with Crippen LogP contribution in [0.25, 0.3) is 0 Å². The summed E-state index contributed by atoms with van der Waals surface area (Å²) in [5.74, 6) is -3.73. The molecule has 0 spiro atoms. The summed E-state index contributed by atoms with van der Waals surface area (Å²) in [7, 11) is 0. The summed E-state index contributed by atoms with van der Waals surface area (Å²) in [5.41, 5.74) is 0. The first-order valence-electron chi connectivity index (χ1n) is 7.44. The molecule has 10 nitrogen and oxygen atoms in total. The molecule has 0 aromatic rings. The highest BCUT2D eigenvalue weighted by molar-refractivity contribution is 7.59. The van der Waals surface area contributed by atoms with Crippen LogP contribution in [0.3, 0.4) is 0 Å². The van der Waals surface area contributed by atoms with Crippen LogP contribution in [0.4, 0.5) is 0 Å². The van der Waals surface area contributed by atoms with E-state index in [0.717, 1.165) is 0 Å². The van der Waals surface area contributed by atoms with Crippen LogP contribution in [0.15, 0.2) is 0 Å². The second-order valence-corrected chi connectivity index (χ2v) is 3.74. The van der Waals surface area contributed by atoms with Gasteiger partial charge in [0, 0.05) is 32.1 Å². The quantitative estimate of drug-likeness (QED) is 0.399. The van der Waals surface area contributed by atoms with E-state index in [2.05, 4.69) is 0 Å². The van der Waals surface area contributed by atoms with Gasteiger partial charge in [-0.3, -0.25) is 24.0 Å². The molecule has 0 bridgehead atoms. The summed E-state index contributed by atoms with van der Waals surface area (Å²) in [5, 5.41) is 38.6. The molecule has 0 aliphatic carbocycles. The number of hydrogen-bond acceptors (Lipinski definition) is 5. The molecule has 5 N–H and O–H groups in total. The summed E-state index contributed by atoms with van der Waals surface area (Å²) in [6.45, 7) is 8.00. The van der Waals surface area contributed by atoms with E-state index in [9.17, 15) is 24.0 Å². The molecule has 0 aromatic carbocycles. The Morgan fingerprint density at radius 3 is 0.481 bits per heavy atom. The van der Waals surface area contributed by atoms with Crippen LogP contribution in [0.1, 0.15) is 66.7 Å². The van der Waals surface area contributed by atoms with Gasteiger partial charge in [0.15, 0.2) is 0 Å². The molecule has 0 aromatic heterocycles. The fourth-order valence-electron chi connectivity index (χ4n) is 0. The minimum atomic E-state index is -0.745. The minimum Gasteiger partial charge on any atom is -0.481 e. The lowest BCUT2D eigenvalue weighted by Crippen LogP contribution is -1.86. The molecule has 0 aliphatic heterocycles. The first-order chi connectivity index (χ1) is 11.4. The highest BCUT2D eigenvalue weighted by atomic mass is 32.1. The lowest BCUT2D eigenvalue weighted by Gasteiger charge is -1.71. The van der Waals surface area contributed by atoms with Crippen molar-refractivity contribution in [2.45, 2.75) is 66.7 Å². The first-order valence-corrected chi connectivity index (χ1v) is 7.44. The summed E-state index contributed by atoms with van der Waals surface area (Å²) in [4.78, 5) is 46.8. The summed E-state index contributed by atoms with van der Waals surface area (Å²) in [6, 6.07) is 0. The molecule has 12 heteroatoms. The average molecular weight is 438 g/mol. The maximum atomic E-state index is 9.37. The number of aliphatic carboxylic acids is 5. The summed E-state index contributed by atoms with van der Waals surface area (Å²) in [6.07, 6.45) is 1.11. The molecule has 0 saturated carbocycles. The van der Waals surface area contributed by atoms with Crippen molar-refractivity contribution in [3.8, 4) is 0 Å². The van der Waals surface area contributed by atoms with Gasteiger partial charge < -0.3 is 25.5 Å². The van der Waals surface area contributed by atoms with E-state index in [4.69, 9.17) is 25.5 Å². The van der Waals surface area contributed by atoms with Crippen molar-refractivity contribution in [2.24, 2.45) is 0 Å². The second kappa shape index (κ2) is 39.3. The van der Waals surface area contributed by atoms with E-state index < -0.39 is 29.8 Å². The van der Waals surface area contributed by atoms with Crippen molar-refractivity contribution in [3.05, 3.63) is 0 Å². The van der Waals surface area contributed by atoms with Crippen LogP contribution in [0.2, 0.25) is 0 Å². The van der Waals surface area contributed by atoms with Gasteiger partial charge in [0.2, 0.25) is 0 Å². The minimum absolute atomic E-state index is 0. The van der Waals surface area contributed by atoms with E-state index in [1.807, 2.05) is 0 Å². The molecule has 27 heavy (non-hydrogen) atoms.